The number of methoxy groups -OCH3 is 2. The molecule has 2 aromatic carbocycles. The van der Waals surface area contributed by atoms with Crippen molar-refractivity contribution in [2.24, 2.45) is 0 Å². The third kappa shape index (κ3) is 5.24. The zero-order valence-corrected chi connectivity index (χ0v) is 16.9. The Balaban J connectivity index is 1.73. The van der Waals surface area contributed by atoms with Crippen LogP contribution in [0.3, 0.4) is 0 Å². The molecule has 0 saturated heterocycles. The summed E-state index contributed by atoms with van der Waals surface area (Å²) in [7, 11) is 3.11. The van der Waals surface area contributed by atoms with Crippen LogP contribution >= 0.6 is 11.3 Å². The van der Waals surface area contributed by atoms with Crippen LogP contribution in [0.5, 0.6) is 17.2 Å². The van der Waals surface area contributed by atoms with E-state index in [9.17, 15) is 10.1 Å². The van der Waals surface area contributed by atoms with Gasteiger partial charge in [-0.05, 0) is 59.0 Å². The van der Waals surface area contributed by atoms with Gasteiger partial charge < -0.3 is 14.2 Å². The molecular formula is C23H19NO4S. The molecule has 0 aliphatic heterocycles. The van der Waals surface area contributed by atoms with Crippen molar-refractivity contribution in [3.8, 4) is 23.3 Å². The lowest BCUT2D eigenvalue weighted by Gasteiger charge is -2.09. The summed E-state index contributed by atoms with van der Waals surface area (Å²) >= 11 is 1.52. The predicted octanol–water partition coefficient (Wildman–Crippen LogP) is 4.98. The Morgan fingerprint density at radius 3 is 2.45 bits per heavy atom. The molecule has 29 heavy (non-hydrogen) atoms. The standard InChI is InChI=1S/C23H19NO4S/c1-26-21-10-7-17(13-22(21)27-2)18(15-24)12-16-5-8-19(9-6-16)28-23(25)14-20-4-3-11-29-20/h3-13H,14H2,1-2H3/b18-12-. The molecular weight excluding hydrogens is 386 g/mol. The van der Waals surface area contributed by atoms with Crippen molar-refractivity contribution in [2.45, 2.75) is 6.42 Å². The van der Waals surface area contributed by atoms with Gasteiger partial charge in [0.05, 0.1) is 32.3 Å². The van der Waals surface area contributed by atoms with Crippen molar-refractivity contribution >= 4 is 29.0 Å². The number of thiophene rings is 1. The van der Waals surface area contributed by atoms with Crippen LogP contribution in [-0.4, -0.2) is 20.2 Å². The van der Waals surface area contributed by atoms with E-state index in [2.05, 4.69) is 6.07 Å². The average molecular weight is 405 g/mol. The topological polar surface area (TPSA) is 68.5 Å². The quantitative estimate of drug-likeness (QED) is 0.240. The minimum atomic E-state index is -0.307. The Bertz CT molecular complexity index is 1050. The average Bonchev–Trinajstić information content (AvgIpc) is 3.25. The number of carbonyl (C=O) groups is 1. The highest BCUT2D eigenvalue weighted by atomic mass is 32.1. The van der Waals surface area contributed by atoms with Crippen LogP contribution in [0.15, 0.2) is 60.0 Å². The van der Waals surface area contributed by atoms with Crippen molar-refractivity contribution in [1.82, 2.24) is 0 Å². The summed E-state index contributed by atoms with van der Waals surface area (Å²) in [5, 5.41) is 11.5. The van der Waals surface area contributed by atoms with Gasteiger partial charge in [0.2, 0.25) is 0 Å². The van der Waals surface area contributed by atoms with Gasteiger partial charge in [-0.2, -0.15) is 5.26 Å². The normalized spacial score (nSPS) is 10.9. The Kier molecular flexibility index (Phi) is 6.67. The second-order valence-electron chi connectivity index (χ2n) is 6.04. The first-order valence-corrected chi connectivity index (χ1v) is 9.68. The van der Waals surface area contributed by atoms with E-state index >= 15 is 0 Å². The van der Waals surface area contributed by atoms with Crippen LogP contribution in [0, 0.1) is 11.3 Å². The molecule has 0 radical (unpaired) electrons. The van der Waals surface area contributed by atoms with Crippen LogP contribution < -0.4 is 14.2 Å². The number of nitriles is 1. The van der Waals surface area contributed by atoms with E-state index in [0.717, 1.165) is 16.0 Å². The maximum absolute atomic E-state index is 12.0. The summed E-state index contributed by atoms with van der Waals surface area (Å²) in [4.78, 5) is 13.0. The highest BCUT2D eigenvalue weighted by molar-refractivity contribution is 7.10. The molecule has 5 nitrogen and oxygen atoms in total. The van der Waals surface area contributed by atoms with E-state index in [-0.39, 0.29) is 12.4 Å². The lowest BCUT2D eigenvalue weighted by atomic mass is 10.0. The Labute approximate surface area is 173 Å². The molecule has 1 heterocycles. The maximum atomic E-state index is 12.0. The first-order chi connectivity index (χ1) is 14.1. The second kappa shape index (κ2) is 9.58. The second-order valence-corrected chi connectivity index (χ2v) is 7.07. The Hall–Kier alpha value is -3.56. The molecule has 0 bridgehead atoms. The number of allylic oxidation sites excluding steroid dienone is 1. The van der Waals surface area contributed by atoms with Gasteiger partial charge in [0, 0.05) is 4.88 Å². The van der Waals surface area contributed by atoms with Gasteiger partial charge in [0.15, 0.2) is 11.5 Å². The predicted molar refractivity (Wildman–Crippen MR) is 113 cm³/mol. The molecule has 0 atom stereocenters. The van der Waals surface area contributed by atoms with Gasteiger partial charge in [-0.15, -0.1) is 11.3 Å². The van der Waals surface area contributed by atoms with Crippen molar-refractivity contribution < 1.29 is 19.0 Å². The first kappa shape index (κ1) is 20.2. The Morgan fingerprint density at radius 1 is 1.07 bits per heavy atom. The smallest absolute Gasteiger partial charge is 0.316 e. The molecule has 3 rings (SSSR count). The van der Waals surface area contributed by atoms with Crippen molar-refractivity contribution in [2.75, 3.05) is 14.2 Å². The van der Waals surface area contributed by atoms with Gasteiger partial charge >= 0.3 is 5.97 Å². The van der Waals surface area contributed by atoms with Gasteiger partial charge in [0.25, 0.3) is 0 Å². The molecule has 3 aromatic rings. The molecule has 0 fully saturated rings. The number of carbonyl (C=O) groups excluding carboxylic acids is 1. The van der Waals surface area contributed by atoms with E-state index in [4.69, 9.17) is 14.2 Å². The maximum Gasteiger partial charge on any atom is 0.316 e. The minimum Gasteiger partial charge on any atom is -0.493 e. The van der Waals surface area contributed by atoms with Crippen LogP contribution in [0.2, 0.25) is 0 Å². The number of nitrogens with zero attached hydrogens (tertiary/aromatic N) is 1. The number of hydrogen-bond donors (Lipinski definition) is 0. The van der Waals surface area contributed by atoms with Gasteiger partial charge in [-0.25, -0.2) is 0 Å². The zero-order chi connectivity index (χ0) is 20.6. The lowest BCUT2D eigenvalue weighted by Crippen LogP contribution is -2.10. The van der Waals surface area contributed by atoms with Gasteiger partial charge in [-0.3, -0.25) is 4.79 Å². The first-order valence-electron chi connectivity index (χ1n) is 8.80. The Morgan fingerprint density at radius 2 is 1.83 bits per heavy atom. The minimum absolute atomic E-state index is 0.247. The van der Waals surface area contributed by atoms with Crippen molar-refractivity contribution in [1.29, 1.82) is 5.26 Å². The molecule has 0 unspecified atom stereocenters. The SMILES string of the molecule is COc1ccc(/C(C#N)=C\c2ccc(OC(=O)Cc3cccs3)cc2)cc1OC. The lowest BCUT2D eigenvalue weighted by molar-refractivity contribution is -0.133. The van der Waals surface area contributed by atoms with Crippen molar-refractivity contribution in [3.05, 3.63) is 76.0 Å². The molecule has 0 saturated carbocycles. The van der Waals surface area contributed by atoms with Crippen molar-refractivity contribution in [3.63, 3.8) is 0 Å². The third-order valence-corrected chi connectivity index (χ3v) is 5.01. The summed E-state index contributed by atoms with van der Waals surface area (Å²) in [6, 6.07) is 18.3. The van der Waals surface area contributed by atoms with Crippen LogP contribution in [0.25, 0.3) is 11.6 Å². The molecule has 0 spiro atoms. The number of benzene rings is 2. The summed E-state index contributed by atoms with van der Waals surface area (Å²) < 4.78 is 15.9. The van der Waals surface area contributed by atoms with Crippen LogP contribution in [0.4, 0.5) is 0 Å². The summed E-state index contributed by atoms with van der Waals surface area (Å²) in [5.74, 6) is 1.31. The molecule has 146 valence electrons. The monoisotopic (exact) mass is 405 g/mol. The number of ether oxygens (including phenoxy) is 3. The fourth-order valence-corrected chi connectivity index (χ4v) is 3.40. The number of esters is 1. The largest absolute Gasteiger partial charge is 0.493 e. The third-order valence-electron chi connectivity index (χ3n) is 4.14. The van der Waals surface area contributed by atoms with Crippen LogP contribution in [0.1, 0.15) is 16.0 Å². The number of rotatable bonds is 7. The van der Waals surface area contributed by atoms with E-state index in [0.29, 0.717) is 22.8 Å². The van der Waals surface area contributed by atoms with E-state index in [1.807, 2.05) is 17.5 Å². The van der Waals surface area contributed by atoms with E-state index in [1.54, 1.807) is 62.8 Å². The highest BCUT2D eigenvalue weighted by Crippen LogP contribution is 2.31. The number of hydrogen-bond acceptors (Lipinski definition) is 6. The van der Waals surface area contributed by atoms with Gasteiger partial charge in [0.1, 0.15) is 5.75 Å². The summed E-state index contributed by atoms with van der Waals surface area (Å²) in [6.45, 7) is 0. The molecule has 0 aliphatic rings. The molecule has 6 heteroatoms. The zero-order valence-electron chi connectivity index (χ0n) is 16.0. The van der Waals surface area contributed by atoms with Crippen LogP contribution in [-0.2, 0) is 11.2 Å². The summed E-state index contributed by atoms with van der Waals surface area (Å²) in [6.07, 6.45) is 2.01. The van der Waals surface area contributed by atoms with Gasteiger partial charge in [-0.1, -0.05) is 18.2 Å². The molecule has 0 N–H and O–H groups in total. The van der Waals surface area contributed by atoms with E-state index < -0.39 is 0 Å². The van der Waals surface area contributed by atoms with E-state index in [1.165, 1.54) is 11.3 Å². The molecule has 1 aromatic heterocycles. The molecule has 0 aliphatic carbocycles. The fourth-order valence-electron chi connectivity index (χ4n) is 2.71. The fraction of sp³-hybridized carbons (Fsp3) is 0.130. The highest BCUT2D eigenvalue weighted by Gasteiger charge is 2.09. The summed E-state index contributed by atoms with van der Waals surface area (Å²) in [5.41, 5.74) is 2.01. The molecule has 0 amide bonds.